The zero-order chi connectivity index (χ0) is 11.9. The maximum atomic E-state index is 12.3. The van der Waals surface area contributed by atoms with E-state index in [1.165, 1.54) is 22.7 Å². The van der Waals surface area contributed by atoms with E-state index in [4.69, 9.17) is 0 Å². The SMILES string of the molecule is C[n+]1ccn2c(C(=O)C(F)(F)F)ccc2c1.[I-]. The summed E-state index contributed by atoms with van der Waals surface area (Å²) >= 11 is 0. The lowest BCUT2D eigenvalue weighted by Gasteiger charge is -2.04. The van der Waals surface area contributed by atoms with Crippen molar-refractivity contribution < 1.29 is 46.5 Å². The summed E-state index contributed by atoms with van der Waals surface area (Å²) in [6, 6.07) is 2.64. The van der Waals surface area contributed by atoms with Crippen molar-refractivity contribution in [2.75, 3.05) is 0 Å². The van der Waals surface area contributed by atoms with Crippen molar-refractivity contribution >= 4 is 11.3 Å². The molecule has 0 aliphatic heterocycles. The van der Waals surface area contributed by atoms with Crippen molar-refractivity contribution in [2.45, 2.75) is 6.18 Å². The second-order valence-corrected chi connectivity index (χ2v) is 3.43. The highest BCUT2D eigenvalue weighted by atomic mass is 127. The Hall–Kier alpha value is -1.12. The molecule has 0 saturated carbocycles. The number of carbonyl (C=O) groups excluding carboxylic acids is 1. The van der Waals surface area contributed by atoms with Gasteiger partial charge in [-0.2, -0.15) is 13.2 Å². The summed E-state index contributed by atoms with van der Waals surface area (Å²) in [5, 5.41) is 0. The number of Topliss-reactive ketones (excluding diaryl/α,β-unsaturated/α-hetero) is 1. The minimum atomic E-state index is -4.84. The molecule has 2 aromatic rings. The van der Waals surface area contributed by atoms with Crippen LogP contribution in [-0.2, 0) is 7.05 Å². The molecule has 0 unspecified atom stereocenters. The third-order valence-corrected chi connectivity index (χ3v) is 2.23. The number of fused-ring (bicyclic) bond motifs is 1. The fraction of sp³-hybridized carbons (Fsp3) is 0.200. The number of rotatable bonds is 1. The highest BCUT2D eigenvalue weighted by molar-refractivity contribution is 5.99. The molecule has 0 aliphatic rings. The predicted octanol–water partition coefficient (Wildman–Crippen LogP) is -1.49. The van der Waals surface area contributed by atoms with Gasteiger partial charge in [0.1, 0.15) is 12.6 Å². The zero-order valence-electron chi connectivity index (χ0n) is 8.70. The van der Waals surface area contributed by atoms with E-state index in [1.54, 1.807) is 24.0 Å². The molecule has 0 amide bonds. The second-order valence-electron chi connectivity index (χ2n) is 3.43. The molecule has 2 aromatic heterocycles. The van der Waals surface area contributed by atoms with Crippen molar-refractivity contribution in [3.63, 3.8) is 0 Å². The standard InChI is InChI=1S/C10H8F3N2O.HI/c1-14-4-5-15-7(6-14)2-3-8(15)9(16)10(11,12)13;/h2-6H,1H3;1H/q+1;/p-1. The van der Waals surface area contributed by atoms with Crippen LogP contribution >= 0.6 is 0 Å². The summed E-state index contributed by atoms with van der Waals surface area (Å²) in [4.78, 5) is 11.1. The van der Waals surface area contributed by atoms with Gasteiger partial charge in [0.25, 0.3) is 5.78 Å². The first-order valence-corrected chi connectivity index (χ1v) is 4.47. The summed E-state index contributed by atoms with van der Waals surface area (Å²) in [5.41, 5.74) is 0.167. The molecule has 0 radical (unpaired) electrons. The van der Waals surface area contributed by atoms with E-state index in [9.17, 15) is 18.0 Å². The summed E-state index contributed by atoms with van der Waals surface area (Å²) in [6.07, 6.45) is -0.214. The van der Waals surface area contributed by atoms with Gasteiger partial charge < -0.3 is 28.4 Å². The molecule has 0 spiro atoms. The Bertz CT molecular complexity index is 562. The van der Waals surface area contributed by atoms with Gasteiger partial charge >= 0.3 is 6.18 Å². The molecule has 0 N–H and O–H groups in total. The maximum Gasteiger partial charge on any atom is 0.456 e. The van der Waals surface area contributed by atoms with E-state index in [0.29, 0.717) is 5.52 Å². The van der Waals surface area contributed by atoms with Gasteiger partial charge in [-0.3, -0.25) is 4.79 Å². The van der Waals surface area contributed by atoms with Gasteiger partial charge in [-0.05, 0) is 12.1 Å². The highest BCUT2D eigenvalue weighted by Crippen LogP contribution is 2.22. The molecule has 0 aromatic carbocycles. The molecule has 0 atom stereocenters. The van der Waals surface area contributed by atoms with Gasteiger partial charge in [-0.15, -0.1) is 0 Å². The number of ketones is 1. The fourth-order valence-corrected chi connectivity index (χ4v) is 1.49. The third-order valence-electron chi connectivity index (χ3n) is 2.23. The van der Waals surface area contributed by atoms with Gasteiger partial charge in [0.2, 0.25) is 0 Å². The Morgan fingerprint density at radius 3 is 2.59 bits per heavy atom. The molecule has 2 rings (SSSR count). The minimum absolute atomic E-state index is 0. The van der Waals surface area contributed by atoms with Crippen LogP contribution in [0.3, 0.4) is 0 Å². The van der Waals surface area contributed by atoms with Crippen molar-refractivity contribution in [1.29, 1.82) is 0 Å². The number of nitrogens with zero attached hydrogens (tertiary/aromatic N) is 2. The largest absolute Gasteiger partial charge is 1.00 e. The summed E-state index contributed by atoms with van der Waals surface area (Å²) in [6.45, 7) is 0. The summed E-state index contributed by atoms with van der Waals surface area (Å²) in [7, 11) is 1.75. The van der Waals surface area contributed by atoms with Crippen molar-refractivity contribution in [3.05, 3.63) is 36.4 Å². The van der Waals surface area contributed by atoms with Gasteiger partial charge in [0.05, 0.1) is 11.9 Å². The first-order chi connectivity index (χ1) is 7.39. The average Bonchev–Trinajstić information content (AvgIpc) is 2.57. The molecular formula is C10H8F3IN2O. The van der Waals surface area contributed by atoms with Crippen LogP contribution in [0.4, 0.5) is 13.2 Å². The van der Waals surface area contributed by atoms with Crippen LogP contribution in [0, 0.1) is 0 Å². The van der Waals surface area contributed by atoms with Crippen LogP contribution < -0.4 is 28.5 Å². The number of carbonyl (C=O) groups is 1. The molecule has 7 heteroatoms. The Kier molecular flexibility index (Phi) is 3.80. The molecule has 0 fully saturated rings. The molecule has 3 nitrogen and oxygen atoms in total. The topological polar surface area (TPSA) is 25.4 Å². The lowest BCUT2D eigenvalue weighted by Crippen LogP contribution is -3.00. The number of hydrogen-bond donors (Lipinski definition) is 0. The number of alkyl halides is 3. The van der Waals surface area contributed by atoms with E-state index >= 15 is 0 Å². The summed E-state index contributed by atoms with van der Waals surface area (Å²) < 4.78 is 39.7. The first-order valence-electron chi connectivity index (χ1n) is 4.47. The Morgan fingerprint density at radius 1 is 1.35 bits per heavy atom. The van der Waals surface area contributed by atoms with E-state index in [-0.39, 0.29) is 29.7 Å². The van der Waals surface area contributed by atoms with Crippen LogP contribution in [0.5, 0.6) is 0 Å². The van der Waals surface area contributed by atoms with Crippen molar-refractivity contribution in [2.24, 2.45) is 7.05 Å². The molecule has 0 bridgehead atoms. The Balaban J connectivity index is 0.00000144. The van der Waals surface area contributed by atoms with Crippen LogP contribution in [0.1, 0.15) is 10.5 Å². The Morgan fingerprint density at radius 2 is 2.00 bits per heavy atom. The smallest absolute Gasteiger partial charge is 0.456 e. The van der Waals surface area contributed by atoms with Gasteiger partial charge in [-0.25, -0.2) is 4.57 Å². The number of aryl methyl sites for hydroxylation is 1. The minimum Gasteiger partial charge on any atom is -1.00 e. The molecule has 92 valence electrons. The van der Waals surface area contributed by atoms with Crippen LogP contribution in [0.2, 0.25) is 0 Å². The molecule has 2 heterocycles. The fourth-order valence-electron chi connectivity index (χ4n) is 1.49. The second kappa shape index (κ2) is 4.63. The van der Waals surface area contributed by atoms with Crippen molar-refractivity contribution in [1.82, 2.24) is 4.40 Å². The van der Waals surface area contributed by atoms with Crippen LogP contribution in [0.25, 0.3) is 5.52 Å². The van der Waals surface area contributed by atoms with Crippen LogP contribution in [-0.4, -0.2) is 16.4 Å². The Labute approximate surface area is 112 Å². The van der Waals surface area contributed by atoms with E-state index in [1.807, 2.05) is 0 Å². The molecule has 17 heavy (non-hydrogen) atoms. The normalized spacial score (nSPS) is 11.3. The monoisotopic (exact) mass is 356 g/mol. The third kappa shape index (κ3) is 2.59. The summed E-state index contributed by atoms with van der Waals surface area (Å²) in [5.74, 6) is -1.83. The van der Waals surface area contributed by atoms with Crippen LogP contribution in [0.15, 0.2) is 30.7 Å². The van der Waals surface area contributed by atoms with Gasteiger partial charge in [-0.1, -0.05) is 0 Å². The lowest BCUT2D eigenvalue weighted by atomic mass is 10.3. The van der Waals surface area contributed by atoms with Gasteiger partial charge in [0.15, 0.2) is 12.4 Å². The molecule has 0 saturated heterocycles. The molecule has 0 aliphatic carbocycles. The number of hydrogen-bond acceptors (Lipinski definition) is 1. The van der Waals surface area contributed by atoms with E-state index in [2.05, 4.69) is 0 Å². The van der Waals surface area contributed by atoms with E-state index < -0.39 is 12.0 Å². The zero-order valence-corrected chi connectivity index (χ0v) is 10.9. The predicted molar refractivity (Wildman–Crippen MR) is 49.0 cm³/mol. The quantitative estimate of drug-likeness (QED) is 0.348. The maximum absolute atomic E-state index is 12.3. The lowest BCUT2D eigenvalue weighted by molar-refractivity contribution is -0.670. The highest BCUT2D eigenvalue weighted by Gasteiger charge is 2.40. The number of halogens is 4. The average molecular weight is 356 g/mol. The van der Waals surface area contributed by atoms with Crippen molar-refractivity contribution in [3.8, 4) is 0 Å². The number of aromatic nitrogens is 2. The molecular weight excluding hydrogens is 348 g/mol. The van der Waals surface area contributed by atoms with Gasteiger partial charge in [0, 0.05) is 0 Å². The first kappa shape index (κ1) is 13.9. The van der Waals surface area contributed by atoms with E-state index in [0.717, 1.165) is 0 Å².